The van der Waals surface area contributed by atoms with E-state index in [9.17, 15) is 9.59 Å². The van der Waals surface area contributed by atoms with E-state index in [1.165, 1.54) is 4.90 Å². The summed E-state index contributed by atoms with van der Waals surface area (Å²) in [6, 6.07) is 14.6. The number of nitrogens with zero attached hydrogens (tertiary/aromatic N) is 1. The van der Waals surface area contributed by atoms with Crippen molar-refractivity contribution in [1.82, 2.24) is 5.32 Å². The van der Waals surface area contributed by atoms with Gasteiger partial charge in [-0.1, -0.05) is 24.3 Å². The van der Waals surface area contributed by atoms with Gasteiger partial charge in [0.05, 0.1) is 12.2 Å². The Morgan fingerprint density at radius 2 is 1.77 bits per heavy atom. The van der Waals surface area contributed by atoms with Gasteiger partial charge in [-0.05, 0) is 24.3 Å². The summed E-state index contributed by atoms with van der Waals surface area (Å²) in [5.74, 6) is 1.45. The second-order valence-electron chi connectivity index (χ2n) is 6.04. The molecule has 2 aliphatic rings. The van der Waals surface area contributed by atoms with Gasteiger partial charge in [-0.15, -0.1) is 0 Å². The van der Waals surface area contributed by atoms with Crippen LogP contribution in [0.15, 0.2) is 48.5 Å². The van der Waals surface area contributed by atoms with Crippen molar-refractivity contribution in [3.63, 3.8) is 0 Å². The lowest BCUT2D eigenvalue weighted by Crippen LogP contribution is -2.47. The molecule has 0 aliphatic carbocycles. The van der Waals surface area contributed by atoms with Gasteiger partial charge in [-0.25, -0.2) is 0 Å². The maximum atomic E-state index is 12.3. The second kappa shape index (κ2) is 6.95. The minimum atomic E-state index is -0.276. The average Bonchev–Trinajstić information content (AvgIpc) is 2.68. The normalized spacial score (nSPS) is 17.9. The van der Waals surface area contributed by atoms with Crippen LogP contribution in [0.2, 0.25) is 0 Å². The standard InChI is InChI=1S/C19H18N2O5/c22-18(10-21-14-5-1-2-6-15(14)25-12-19(21)23)20-9-13-11-24-16-7-3-4-8-17(16)26-13/h1-8,13H,9-12H2,(H,20,22). The lowest BCUT2D eigenvalue weighted by molar-refractivity contribution is -0.125. The third kappa shape index (κ3) is 3.28. The van der Waals surface area contributed by atoms with Gasteiger partial charge in [-0.2, -0.15) is 0 Å². The van der Waals surface area contributed by atoms with E-state index in [-0.39, 0.29) is 31.1 Å². The van der Waals surface area contributed by atoms with Crippen LogP contribution in [0.1, 0.15) is 0 Å². The number of rotatable bonds is 4. The number of para-hydroxylation sites is 4. The Bertz CT molecular complexity index is 838. The summed E-state index contributed by atoms with van der Waals surface area (Å²) >= 11 is 0. The van der Waals surface area contributed by atoms with Gasteiger partial charge in [0.25, 0.3) is 5.91 Å². The smallest absolute Gasteiger partial charge is 0.265 e. The van der Waals surface area contributed by atoms with Gasteiger partial charge < -0.3 is 19.5 Å². The lowest BCUT2D eigenvalue weighted by atomic mass is 10.2. The zero-order chi connectivity index (χ0) is 17.9. The summed E-state index contributed by atoms with van der Waals surface area (Å²) in [7, 11) is 0. The molecule has 7 nitrogen and oxygen atoms in total. The topological polar surface area (TPSA) is 77.1 Å². The molecule has 7 heteroatoms. The van der Waals surface area contributed by atoms with Crippen LogP contribution in [0.4, 0.5) is 5.69 Å². The zero-order valence-corrected chi connectivity index (χ0v) is 14.0. The van der Waals surface area contributed by atoms with E-state index in [1.54, 1.807) is 18.2 Å². The quantitative estimate of drug-likeness (QED) is 0.897. The predicted octanol–water partition coefficient (Wildman–Crippen LogP) is 1.37. The molecule has 0 fully saturated rings. The highest BCUT2D eigenvalue weighted by Crippen LogP contribution is 2.32. The minimum Gasteiger partial charge on any atom is -0.486 e. The first-order valence-electron chi connectivity index (χ1n) is 8.38. The van der Waals surface area contributed by atoms with E-state index in [2.05, 4.69) is 5.32 Å². The van der Waals surface area contributed by atoms with Gasteiger partial charge in [0, 0.05) is 0 Å². The molecule has 0 saturated carbocycles. The monoisotopic (exact) mass is 354 g/mol. The van der Waals surface area contributed by atoms with Gasteiger partial charge >= 0.3 is 0 Å². The molecular weight excluding hydrogens is 336 g/mol. The molecular formula is C19H18N2O5. The Balaban J connectivity index is 1.34. The SMILES string of the molecule is O=C(CN1C(=O)COc2ccccc21)NCC1COc2ccccc2O1. The van der Waals surface area contributed by atoms with Crippen molar-refractivity contribution in [2.45, 2.75) is 6.10 Å². The average molecular weight is 354 g/mol. The van der Waals surface area contributed by atoms with Gasteiger partial charge in [0.2, 0.25) is 5.91 Å². The van der Waals surface area contributed by atoms with E-state index in [1.807, 2.05) is 30.3 Å². The highest BCUT2D eigenvalue weighted by molar-refractivity contribution is 6.02. The third-order valence-corrected chi connectivity index (χ3v) is 4.20. The summed E-state index contributed by atoms with van der Waals surface area (Å²) in [5.41, 5.74) is 0.602. The number of amides is 2. The van der Waals surface area contributed by atoms with Gasteiger partial charge in [-0.3, -0.25) is 14.5 Å². The molecule has 2 aromatic rings. The van der Waals surface area contributed by atoms with E-state index in [0.29, 0.717) is 36.1 Å². The maximum Gasteiger partial charge on any atom is 0.265 e. The fraction of sp³-hybridized carbons (Fsp3) is 0.263. The van der Waals surface area contributed by atoms with Crippen LogP contribution in [0.25, 0.3) is 0 Å². The van der Waals surface area contributed by atoms with Crippen LogP contribution in [0.5, 0.6) is 17.2 Å². The van der Waals surface area contributed by atoms with Crippen molar-refractivity contribution >= 4 is 17.5 Å². The maximum absolute atomic E-state index is 12.3. The first kappa shape index (κ1) is 16.3. The molecule has 0 aromatic heterocycles. The Morgan fingerprint density at radius 1 is 1.04 bits per heavy atom. The van der Waals surface area contributed by atoms with Gasteiger partial charge in [0.1, 0.15) is 25.0 Å². The minimum absolute atomic E-state index is 0.0661. The number of benzene rings is 2. The van der Waals surface area contributed by atoms with Crippen LogP contribution in [0.3, 0.4) is 0 Å². The molecule has 2 aromatic carbocycles. The fourth-order valence-electron chi connectivity index (χ4n) is 2.92. The first-order chi connectivity index (χ1) is 12.7. The van der Waals surface area contributed by atoms with E-state index < -0.39 is 0 Å². The molecule has 1 N–H and O–H groups in total. The summed E-state index contributed by atoms with van der Waals surface area (Å²) in [6.07, 6.45) is -0.276. The molecule has 2 amide bonds. The molecule has 4 rings (SSSR count). The largest absolute Gasteiger partial charge is 0.486 e. The Labute approximate surface area is 150 Å². The van der Waals surface area contributed by atoms with Crippen molar-refractivity contribution in [3.8, 4) is 17.2 Å². The Morgan fingerprint density at radius 3 is 2.62 bits per heavy atom. The second-order valence-corrected chi connectivity index (χ2v) is 6.04. The van der Waals surface area contributed by atoms with Crippen molar-refractivity contribution in [2.75, 3.05) is 31.2 Å². The first-order valence-corrected chi connectivity index (χ1v) is 8.38. The van der Waals surface area contributed by atoms with Crippen molar-refractivity contribution < 1.29 is 23.8 Å². The number of hydrogen-bond acceptors (Lipinski definition) is 5. The molecule has 0 radical (unpaired) electrons. The number of hydrogen-bond donors (Lipinski definition) is 1. The number of carbonyl (C=O) groups excluding carboxylic acids is 2. The summed E-state index contributed by atoms with van der Waals surface area (Å²) in [5, 5.41) is 2.80. The molecule has 1 unspecified atom stereocenters. The molecule has 0 saturated heterocycles. The molecule has 1 atom stereocenters. The number of fused-ring (bicyclic) bond motifs is 2. The summed E-state index contributed by atoms with van der Waals surface area (Å²) in [4.78, 5) is 25.9. The lowest BCUT2D eigenvalue weighted by Gasteiger charge is -2.29. The van der Waals surface area contributed by atoms with Crippen LogP contribution >= 0.6 is 0 Å². The Kier molecular flexibility index (Phi) is 4.35. The van der Waals surface area contributed by atoms with Crippen LogP contribution in [0, 0.1) is 0 Å². The van der Waals surface area contributed by atoms with Crippen LogP contribution in [-0.2, 0) is 9.59 Å². The molecule has 2 heterocycles. The third-order valence-electron chi connectivity index (χ3n) is 4.20. The van der Waals surface area contributed by atoms with Crippen molar-refractivity contribution in [2.24, 2.45) is 0 Å². The van der Waals surface area contributed by atoms with Crippen LogP contribution < -0.4 is 24.4 Å². The van der Waals surface area contributed by atoms with Gasteiger partial charge in [0.15, 0.2) is 18.1 Å². The number of anilines is 1. The molecule has 26 heavy (non-hydrogen) atoms. The van der Waals surface area contributed by atoms with Crippen molar-refractivity contribution in [1.29, 1.82) is 0 Å². The number of nitrogens with one attached hydrogen (secondary N) is 1. The fourth-order valence-corrected chi connectivity index (χ4v) is 2.92. The summed E-state index contributed by atoms with van der Waals surface area (Å²) in [6.45, 7) is 0.522. The number of carbonyl (C=O) groups is 2. The Hall–Kier alpha value is -3.22. The van der Waals surface area contributed by atoms with Crippen LogP contribution in [-0.4, -0.2) is 44.2 Å². The zero-order valence-electron chi connectivity index (χ0n) is 14.0. The predicted molar refractivity (Wildman–Crippen MR) is 93.7 cm³/mol. The highest BCUT2D eigenvalue weighted by atomic mass is 16.6. The molecule has 0 bridgehead atoms. The van der Waals surface area contributed by atoms with E-state index in [4.69, 9.17) is 14.2 Å². The molecule has 134 valence electrons. The molecule has 2 aliphatic heterocycles. The highest BCUT2D eigenvalue weighted by Gasteiger charge is 2.27. The van der Waals surface area contributed by atoms with Crippen molar-refractivity contribution in [3.05, 3.63) is 48.5 Å². The molecule has 0 spiro atoms. The summed E-state index contributed by atoms with van der Waals surface area (Å²) < 4.78 is 16.8. The van der Waals surface area contributed by atoms with E-state index in [0.717, 1.165) is 0 Å². The van der Waals surface area contributed by atoms with E-state index >= 15 is 0 Å². The number of ether oxygens (including phenoxy) is 3.